The Balaban J connectivity index is 1.08. The summed E-state index contributed by atoms with van der Waals surface area (Å²) in [6, 6.07) is 73.4. The molecule has 0 atom stereocenters. The van der Waals surface area contributed by atoms with Crippen LogP contribution in [0.4, 0.5) is 17.1 Å². The van der Waals surface area contributed by atoms with Gasteiger partial charge >= 0.3 is 0 Å². The second-order valence-electron chi connectivity index (χ2n) is 14.1. The van der Waals surface area contributed by atoms with Crippen LogP contribution in [0, 0.1) is 0 Å². The third-order valence-electron chi connectivity index (χ3n) is 11.0. The molecule has 1 nitrogen and oxygen atoms in total. The first-order chi connectivity index (χ1) is 26.8. The minimum absolute atomic E-state index is 1.12. The zero-order chi connectivity index (χ0) is 35.6. The topological polar surface area (TPSA) is 3.24 Å². The van der Waals surface area contributed by atoms with Gasteiger partial charge in [-0.2, -0.15) is 0 Å². The van der Waals surface area contributed by atoms with Crippen LogP contribution in [0.3, 0.4) is 0 Å². The lowest BCUT2D eigenvalue weighted by Crippen LogP contribution is -2.10. The molecular weight excluding hydrogens is 671 g/mol. The van der Waals surface area contributed by atoms with E-state index in [0.717, 1.165) is 17.1 Å². The van der Waals surface area contributed by atoms with Gasteiger partial charge in [-0.05, 0) is 97.0 Å². The largest absolute Gasteiger partial charge is 0.310 e. The van der Waals surface area contributed by atoms with Crippen molar-refractivity contribution in [2.75, 3.05) is 4.90 Å². The summed E-state index contributed by atoms with van der Waals surface area (Å²) >= 11 is 1.89. The zero-order valence-electron chi connectivity index (χ0n) is 29.4. The molecule has 0 aliphatic heterocycles. The van der Waals surface area contributed by atoms with E-state index in [1.165, 1.54) is 85.5 Å². The maximum absolute atomic E-state index is 2.42. The fourth-order valence-corrected chi connectivity index (χ4v) is 9.72. The van der Waals surface area contributed by atoms with E-state index in [-0.39, 0.29) is 0 Å². The fourth-order valence-electron chi connectivity index (χ4n) is 8.49. The molecule has 1 heterocycles. The van der Waals surface area contributed by atoms with E-state index in [1.807, 2.05) is 11.3 Å². The average molecular weight is 704 g/mol. The smallest absolute Gasteiger partial charge is 0.0540 e. The van der Waals surface area contributed by atoms with Crippen molar-refractivity contribution in [2.24, 2.45) is 0 Å². The molecule has 0 fully saturated rings. The maximum Gasteiger partial charge on any atom is 0.0540 e. The highest BCUT2D eigenvalue weighted by atomic mass is 32.1. The van der Waals surface area contributed by atoms with Crippen LogP contribution in [-0.2, 0) is 0 Å². The molecule has 252 valence electrons. The number of hydrogen-bond acceptors (Lipinski definition) is 2. The molecule has 0 aliphatic rings. The van der Waals surface area contributed by atoms with Gasteiger partial charge in [0.2, 0.25) is 0 Å². The molecule has 10 aromatic carbocycles. The molecule has 0 saturated carbocycles. The first-order valence-corrected chi connectivity index (χ1v) is 19.3. The van der Waals surface area contributed by atoms with Crippen LogP contribution < -0.4 is 4.90 Å². The monoisotopic (exact) mass is 703 g/mol. The Morgan fingerprint density at radius 3 is 1.70 bits per heavy atom. The minimum Gasteiger partial charge on any atom is -0.310 e. The van der Waals surface area contributed by atoms with E-state index in [9.17, 15) is 0 Å². The van der Waals surface area contributed by atoms with Gasteiger partial charge in [0.1, 0.15) is 0 Å². The van der Waals surface area contributed by atoms with Gasteiger partial charge in [0.05, 0.1) is 5.69 Å². The van der Waals surface area contributed by atoms with Crippen molar-refractivity contribution in [3.05, 3.63) is 200 Å². The Hall–Kier alpha value is -6.74. The second-order valence-corrected chi connectivity index (χ2v) is 15.1. The number of benzene rings is 10. The summed E-state index contributed by atoms with van der Waals surface area (Å²) < 4.78 is 2.66. The standard InChI is InChI=1S/C52H33NS/c1-2-11-34(12-3-1)35-23-27-39(28-24-35)53(49-19-10-18-46-43(49)31-32-47-44-16-8-9-20-50(44)54-52(46)47)40-29-25-37(26-30-40)48-33-38-22-21-36-13-4-5-14-41(36)51(38)45-17-7-6-15-42(45)48/h1-33H. The summed E-state index contributed by atoms with van der Waals surface area (Å²) in [5, 5.41) is 12.9. The molecule has 1 aromatic heterocycles. The first-order valence-electron chi connectivity index (χ1n) is 18.5. The van der Waals surface area contributed by atoms with Crippen LogP contribution in [0.15, 0.2) is 200 Å². The van der Waals surface area contributed by atoms with Gasteiger partial charge in [0.25, 0.3) is 0 Å². The summed E-state index contributed by atoms with van der Waals surface area (Å²) in [7, 11) is 0. The van der Waals surface area contributed by atoms with E-state index in [1.54, 1.807) is 0 Å². The third kappa shape index (κ3) is 4.92. The second kappa shape index (κ2) is 12.4. The third-order valence-corrected chi connectivity index (χ3v) is 12.3. The Morgan fingerprint density at radius 2 is 0.907 bits per heavy atom. The number of rotatable bonds is 5. The van der Waals surface area contributed by atoms with Gasteiger partial charge in [-0.25, -0.2) is 0 Å². The molecule has 54 heavy (non-hydrogen) atoms. The summed E-state index contributed by atoms with van der Waals surface area (Å²) in [6.45, 7) is 0. The van der Waals surface area contributed by atoms with Crippen molar-refractivity contribution in [3.8, 4) is 22.3 Å². The molecule has 0 amide bonds. The molecular formula is C52H33NS. The van der Waals surface area contributed by atoms with Crippen molar-refractivity contribution < 1.29 is 0 Å². The van der Waals surface area contributed by atoms with E-state index >= 15 is 0 Å². The van der Waals surface area contributed by atoms with Gasteiger partial charge in [-0.1, -0.05) is 158 Å². The predicted octanol–water partition coefficient (Wildman–Crippen LogP) is 15.5. The van der Waals surface area contributed by atoms with Crippen LogP contribution in [-0.4, -0.2) is 0 Å². The molecule has 11 rings (SSSR count). The fraction of sp³-hybridized carbons (Fsp3) is 0. The van der Waals surface area contributed by atoms with Gasteiger partial charge in [0.15, 0.2) is 0 Å². The number of anilines is 3. The molecule has 0 saturated heterocycles. The summed E-state index contributed by atoms with van der Waals surface area (Å²) in [6.07, 6.45) is 0. The van der Waals surface area contributed by atoms with Crippen molar-refractivity contribution in [1.29, 1.82) is 0 Å². The Bertz CT molecular complexity index is 3190. The lowest BCUT2D eigenvalue weighted by atomic mass is 9.90. The molecule has 0 N–H and O–H groups in total. The molecule has 0 spiro atoms. The van der Waals surface area contributed by atoms with E-state index in [4.69, 9.17) is 0 Å². The molecule has 2 heteroatoms. The number of thiophene rings is 1. The minimum atomic E-state index is 1.12. The Labute approximate surface area is 317 Å². The predicted molar refractivity (Wildman–Crippen MR) is 235 cm³/mol. The lowest BCUT2D eigenvalue weighted by Gasteiger charge is -2.27. The van der Waals surface area contributed by atoms with Crippen LogP contribution in [0.1, 0.15) is 0 Å². The molecule has 11 aromatic rings. The van der Waals surface area contributed by atoms with Crippen molar-refractivity contribution in [1.82, 2.24) is 0 Å². The van der Waals surface area contributed by atoms with Crippen LogP contribution in [0.2, 0.25) is 0 Å². The molecule has 0 unspecified atom stereocenters. The number of nitrogens with zero attached hydrogens (tertiary/aromatic N) is 1. The van der Waals surface area contributed by atoms with Gasteiger partial charge in [0, 0.05) is 42.3 Å². The Kier molecular flexibility index (Phi) is 7.11. The quantitative estimate of drug-likeness (QED) is 0.161. The zero-order valence-corrected chi connectivity index (χ0v) is 30.2. The number of fused-ring (bicyclic) bond motifs is 10. The van der Waals surface area contributed by atoms with Gasteiger partial charge in [-0.15, -0.1) is 11.3 Å². The normalized spacial score (nSPS) is 11.7. The SMILES string of the molecule is c1ccc(-c2ccc(N(c3ccc(-c4cc5ccc6ccccc6c5c5ccccc45)cc3)c3cccc4c3ccc3c5ccccc5sc43)cc2)cc1. The van der Waals surface area contributed by atoms with Crippen molar-refractivity contribution in [3.63, 3.8) is 0 Å². The highest BCUT2D eigenvalue weighted by Crippen LogP contribution is 2.45. The van der Waals surface area contributed by atoms with E-state index in [2.05, 4.69) is 205 Å². The maximum atomic E-state index is 2.42. The molecule has 0 bridgehead atoms. The lowest BCUT2D eigenvalue weighted by molar-refractivity contribution is 1.30. The van der Waals surface area contributed by atoms with E-state index < -0.39 is 0 Å². The molecule has 0 radical (unpaired) electrons. The summed E-state index contributed by atoms with van der Waals surface area (Å²) in [5.74, 6) is 0. The highest BCUT2D eigenvalue weighted by molar-refractivity contribution is 7.26. The summed E-state index contributed by atoms with van der Waals surface area (Å²) in [5.41, 5.74) is 8.27. The van der Waals surface area contributed by atoms with E-state index in [0.29, 0.717) is 0 Å². The average Bonchev–Trinajstić information content (AvgIpc) is 3.64. The first kappa shape index (κ1) is 30.8. The Morgan fingerprint density at radius 1 is 0.333 bits per heavy atom. The highest BCUT2D eigenvalue weighted by Gasteiger charge is 2.19. The van der Waals surface area contributed by atoms with Crippen LogP contribution >= 0.6 is 11.3 Å². The number of hydrogen-bond donors (Lipinski definition) is 0. The molecule has 0 aliphatic carbocycles. The van der Waals surface area contributed by atoms with Gasteiger partial charge < -0.3 is 4.90 Å². The van der Waals surface area contributed by atoms with Crippen LogP contribution in [0.5, 0.6) is 0 Å². The van der Waals surface area contributed by atoms with Crippen molar-refractivity contribution >= 4 is 91.7 Å². The van der Waals surface area contributed by atoms with Gasteiger partial charge in [-0.3, -0.25) is 0 Å². The summed E-state index contributed by atoms with van der Waals surface area (Å²) in [4.78, 5) is 2.42. The van der Waals surface area contributed by atoms with Crippen LogP contribution in [0.25, 0.3) is 85.5 Å². The van der Waals surface area contributed by atoms with Crippen molar-refractivity contribution in [2.45, 2.75) is 0 Å².